The molecule has 1 fully saturated rings. The Bertz CT molecular complexity index is 338. The molecule has 2 atom stereocenters. The van der Waals surface area contributed by atoms with Gasteiger partial charge in [-0.25, -0.2) is 0 Å². The average molecular weight is 191 g/mol. The lowest BCUT2D eigenvalue weighted by Crippen LogP contribution is -2.26. The highest BCUT2D eigenvalue weighted by Gasteiger charge is 2.24. The van der Waals surface area contributed by atoms with E-state index in [0.717, 1.165) is 6.29 Å². The molecule has 3 nitrogen and oxygen atoms in total. The molecule has 1 unspecified atom stereocenters. The van der Waals surface area contributed by atoms with Crippen LogP contribution in [0.5, 0.6) is 0 Å². The van der Waals surface area contributed by atoms with Gasteiger partial charge in [-0.15, -0.1) is 0 Å². The van der Waals surface area contributed by atoms with Crippen LogP contribution in [0.1, 0.15) is 17.2 Å². The maximum atomic E-state index is 10.5. The molecule has 2 rings (SSSR count). The Morgan fingerprint density at radius 3 is 3.07 bits per heavy atom. The summed E-state index contributed by atoms with van der Waals surface area (Å²) in [7, 11) is 0. The van der Waals surface area contributed by atoms with Crippen LogP contribution in [0.4, 0.5) is 0 Å². The minimum atomic E-state index is -0.444. The SMILES string of the molecule is Cc1cccc([C@@H]2COC(C=O)N2)c1. The highest BCUT2D eigenvalue weighted by molar-refractivity contribution is 5.56. The molecule has 1 aromatic carbocycles. The number of benzene rings is 1. The van der Waals surface area contributed by atoms with Crippen LogP contribution in [-0.2, 0) is 9.53 Å². The molecule has 0 aliphatic carbocycles. The summed E-state index contributed by atoms with van der Waals surface area (Å²) in [5.74, 6) is 0. The fraction of sp³-hybridized carbons (Fsp3) is 0.364. The van der Waals surface area contributed by atoms with Gasteiger partial charge in [0.2, 0.25) is 0 Å². The zero-order valence-electron chi connectivity index (χ0n) is 8.07. The summed E-state index contributed by atoms with van der Waals surface area (Å²) in [5, 5.41) is 3.09. The summed E-state index contributed by atoms with van der Waals surface area (Å²) in [4.78, 5) is 10.5. The molecular weight excluding hydrogens is 178 g/mol. The maximum Gasteiger partial charge on any atom is 0.165 e. The van der Waals surface area contributed by atoms with E-state index in [1.807, 2.05) is 12.1 Å². The van der Waals surface area contributed by atoms with Gasteiger partial charge in [0, 0.05) is 0 Å². The normalized spacial score (nSPS) is 26.4. The Hall–Kier alpha value is -1.19. The number of aldehydes is 1. The van der Waals surface area contributed by atoms with Crippen molar-refractivity contribution in [2.45, 2.75) is 19.2 Å². The monoisotopic (exact) mass is 191 g/mol. The van der Waals surface area contributed by atoms with Gasteiger partial charge in [0.25, 0.3) is 0 Å². The second kappa shape index (κ2) is 3.90. The van der Waals surface area contributed by atoms with Crippen LogP contribution >= 0.6 is 0 Å². The van der Waals surface area contributed by atoms with Gasteiger partial charge in [-0.05, 0) is 12.5 Å². The Kier molecular flexibility index (Phi) is 2.61. The van der Waals surface area contributed by atoms with E-state index in [9.17, 15) is 4.79 Å². The molecule has 3 heteroatoms. The van der Waals surface area contributed by atoms with Crippen molar-refractivity contribution in [1.29, 1.82) is 0 Å². The number of nitrogens with one attached hydrogen (secondary N) is 1. The highest BCUT2D eigenvalue weighted by atomic mass is 16.5. The first-order chi connectivity index (χ1) is 6.79. The molecule has 1 aliphatic heterocycles. The standard InChI is InChI=1S/C11H13NO2/c1-8-3-2-4-9(5-8)10-7-14-11(6-13)12-10/h2-6,10-12H,7H2,1H3/t10-,11?/m0/s1. The van der Waals surface area contributed by atoms with Crippen molar-refractivity contribution in [3.8, 4) is 0 Å². The highest BCUT2D eigenvalue weighted by Crippen LogP contribution is 2.19. The van der Waals surface area contributed by atoms with Crippen LogP contribution in [0.25, 0.3) is 0 Å². The maximum absolute atomic E-state index is 10.5. The zero-order valence-corrected chi connectivity index (χ0v) is 8.07. The number of carbonyl (C=O) groups is 1. The van der Waals surface area contributed by atoms with Gasteiger partial charge in [0.05, 0.1) is 12.6 Å². The number of carbonyl (C=O) groups excluding carboxylic acids is 1. The predicted octanol–water partition coefficient (Wildman–Crippen LogP) is 1.18. The molecule has 0 spiro atoms. The minimum absolute atomic E-state index is 0.144. The van der Waals surface area contributed by atoms with Crippen LogP contribution in [0.15, 0.2) is 24.3 Å². The molecule has 74 valence electrons. The summed E-state index contributed by atoms with van der Waals surface area (Å²) in [6.45, 7) is 2.61. The van der Waals surface area contributed by atoms with Gasteiger partial charge < -0.3 is 4.74 Å². The number of aryl methyl sites for hydroxylation is 1. The van der Waals surface area contributed by atoms with Crippen molar-refractivity contribution in [1.82, 2.24) is 5.32 Å². The minimum Gasteiger partial charge on any atom is -0.354 e. The van der Waals surface area contributed by atoms with Gasteiger partial charge in [-0.3, -0.25) is 10.1 Å². The van der Waals surface area contributed by atoms with E-state index in [-0.39, 0.29) is 6.04 Å². The van der Waals surface area contributed by atoms with Crippen molar-refractivity contribution in [2.24, 2.45) is 0 Å². The van der Waals surface area contributed by atoms with Crippen LogP contribution < -0.4 is 5.32 Å². The van der Waals surface area contributed by atoms with E-state index in [4.69, 9.17) is 4.74 Å². The number of hydrogen-bond donors (Lipinski definition) is 1. The van der Waals surface area contributed by atoms with Gasteiger partial charge in [-0.1, -0.05) is 29.8 Å². The van der Waals surface area contributed by atoms with Gasteiger partial charge >= 0.3 is 0 Å². The largest absolute Gasteiger partial charge is 0.354 e. The summed E-state index contributed by atoms with van der Waals surface area (Å²) >= 11 is 0. The zero-order chi connectivity index (χ0) is 9.97. The molecule has 0 bridgehead atoms. The van der Waals surface area contributed by atoms with Crippen LogP contribution in [0.2, 0.25) is 0 Å². The molecule has 0 aromatic heterocycles. The van der Waals surface area contributed by atoms with Crippen molar-refractivity contribution < 1.29 is 9.53 Å². The Morgan fingerprint density at radius 2 is 2.43 bits per heavy atom. The van der Waals surface area contributed by atoms with Crippen LogP contribution in [0.3, 0.4) is 0 Å². The van der Waals surface area contributed by atoms with Crippen molar-refractivity contribution >= 4 is 6.29 Å². The molecule has 14 heavy (non-hydrogen) atoms. The summed E-state index contributed by atoms with van der Waals surface area (Å²) in [5.41, 5.74) is 2.40. The molecular formula is C11H13NO2. The van der Waals surface area contributed by atoms with E-state index in [2.05, 4.69) is 24.4 Å². The van der Waals surface area contributed by atoms with Crippen molar-refractivity contribution in [3.63, 3.8) is 0 Å². The lowest BCUT2D eigenvalue weighted by Gasteiger charge is -2.09. The van der Waals surface area contributed by atoms with E-state index in [1.54, 1.807) is 0 Å². The second-order valence-electron chi connectivity index (χ2n) is 3.52. The smallest absolute Gasteiger partial charge is 0.165 e. The van der Waals surface area contributed by atoms with E-state index in [0.29, 0.717) is 6.61 Å². The average Bonchev–Trinajstić information content (AvgIpc) is 2.66. The van der Waals surface area contributed by atoms with Crippen molar-refractivity contribution in [3.05, 3.63) is 35.4 Å². The molecule has 0 radical (unpaired) electrons. The van der Waals surface area contributed by atoms with E-state index < -0.39 is 6.23 Å². The fourth-order valence-electron chi connectivity index (χ4n) is 1.65. The molecule has 1 aromatic rings. The first-order valence-corrected chi connectivity index (χ1v) is 4.69. The lowest BCUT2D eigenvalue weighted by atomic mass is 10.1. The Balaban J connectivity index is 2.13. The van der Waals surface area contributed by atoms with Gasteiger partial charge in [0.15, 0.2) is 12.5 Å². The van der Waals surface area contributed by atoms with E-state index >= 15 is 0 Å². The van der Waals surface area contributed by atoms with Crippen LogP contribution in [0, 0.1) is 6.92 Å². The van der Waals surface area contributed by atoms with Crippen LogP contribution in [-0.4, -0.2) is 19.1 Å². The first kappa shape index (κ1) is 9.37. The third-order valence-corrected chi connectivity index (χ3v) is 2.38. The molecule has 1 aliphatic rings. The third-order valence-electron chi connectivity index (χ3n) is 2.38. The van der Waals surface area contributed by atoms with Gasteiger partial charge in [0.1, 0.15) is 0 Å². The first-order valence-electron chi connectivity index (χ1n) is 4.69. The second-order valence-corrected chi connectivity index (χ2v) is 3.52. The Morgan fingerprint density at radius 1 is 1.57 bits per heavy atom. The van der Waals surface area contributed by atoms with Gasteiger partial charge in [-0.2, -0.15) is 0 Å². The number of hydrogen-bond acceptors (Lipinski definition) is 3. The predicted molar refractivity (Wildman–Crippen MR) is 52.9 cm³/mol. The molecule has 1 heterocycles. The molecule has 0 amide bonds. The summed E-state index contributed by atoms with van der Waals surface area (Å²) in [6, 6.07) is 8.36. The molecule has 1 N–H and O–H groups in total. The Labute approximate surface area is 83.1 Å². The van der Waals surface area contributed by atoms with Crippen molar-refractivity contribution in [2.75, 3.05) is 6.61 Å². The fourth-order valence-corrected chi connectivity index (χ4v) is 1.65. The third kappa shape index (κ3) is 1.84. The lowest BCUT2D eigenvalue weighted by molar-refractivity contribution is -0.116. The molecule has 1 saturated heterocycles. The number of ether oxygens (including phenoxy) is 1. The quantitative estimate of drug-likeness (QED) is 0.713. The summed E-state index contributed by atoms with van der Waals surface area (Å²) < 4.78 is 5.23. The summed E-state index contributed by atoms with van der Waals surface area (Å²) in [6.07, 6.45) is 0.344. The number of rotatable bonds is 2. The van der Waals surface area contributed by atoms with E-state index in [1.165, 1.54) is 11.1 Å². The topological polar surface area (TPSA) is 38.3 Å². The molecule has 0 saturated carbocycles.